The summed E-state index contributed by atoms with van der Waals surface area (Å²) in [7, 11) is 0. The molecule has 0 atom stereocenters. The summed E-state index contributed by atoms with van der Waals surface area (Å²) < 4.78 is 5.29. The predicted octanol–water partition coefficient (Wildman–Crippen LogP) is 2.15. The molecule has 1 aromatic carbocycles. The normalized spacial score (nSPS) is 16.5. The molecule has 1 heterocycles. The van der Waals surface area contributed by atoms with Gasteiger partial charge < -0.3 is 10.2 Å². The third-order valence-electron chi connectivity index (χ3n) is 2.74. The summed E-state index contributed by atoms with van der Waals surface area (Å²) in [6.07, 6.45) is 1.94. The molecule has 98 valence electrons. The van der Waals surface area contributed by atoms with Gasteiger partial charge >= 0.3 is 0 Å². The molecule has 6 nitrogen and oxygen atoms in total. The molecular weight excluding hydrogens is 254 g/mol. The Morgan fingerprint density at radius 2 is 2.11 bits per heavy atom. The number of hydrogen-bond acceptors (Lipinski definition) is 6. The lowest BCUT2D eigenvalue weighted by Gasteiger charge is -2.21. The maximum atomic E-state index is 10.8. The van der Waals surface area contributed by atoms with Gasteiger partial charge in [-0.05, 0) is 18.9 Å². The molecule has 0 aliphatic carbocycles. The van der Waals surface area contributed by atoms with Gasteiger partial charge in [0.15, 0.2) is 0 Å². The second kappa shape index (κ2) is 6.03. The van der Waals surface area contributed by atoms with Crippen molar-refractivity contribution in [3.05, 3.63) is 28.3 Å². The van der Waals surface area contributed by atoms with Crippen molar-refractivity contribution < 1.29 is 9.66 Å². The van der Waals surface area contributed by atoms with E-state index < -0.39 is 4.92 Å². The number of rotatable bonds is 4. The summed E-state index contributed by atoms with van der Waals surface area (Å²) >= 11 is 1.65. The molecule has 7 heteroatoms. The highest BCUT2D eigenvalue weighted by atomic mass is 32.2. The topological polar surface area (TPSA) is 90.4 Å². The number of nitrogens with one attached hydrogen (secondary N) is 1. The van der Waals surface area contributed by atoms with Crippen LogP contribution in [0.1, 0.15) is 12.8 Å². The quantitative estimate of drug-likeness (QED) is 0.494. The molecule has 1 aliphatic heterocycles. The fraction of sp³-hybridized carbons (Fsp3) is 0.455. The van der Waals surface area contributed by atoms with Crippen LogP contribution in [0.5, 0.6) is 0 Å². The summed E-state index contributed by atoms with van der Waals surface area (Å²) in [5, 5.41) is 11.3. The summed E-state index contributed by atoms with van der Waals surface area (Å²) in [5.74, 6) is 5.32. The fourth-order valence-corrected chi connectivity index (χ4v) is 3.02. The molecule has 0 aromatic heterocycles. The molecule has 0 spiro atoms. The molecule has 0 unspecified atom stereocenters. The van der Waals surface area contributed by atoms with Crippen LogP contribution in [0.2, 0.25) is 0 Å². The van der Waals surface area contributed by atoms with Gasteiger partial charge in [-0.1, -0.05) is 0 Å². The Balaban J connectivity index is 2.15. The minimum atomic E-state index is -0.408. The number of nitrogens with two attached hydrogens (primary N) is 1. The van der Waals surface area contributed by atoms with Crippen LogP contribution in [0, 0.1) is 10.1 Å². The van der Waals surface area contributed by atoms with Crippen LogP contribution in [0.15, 0.2) is 23.1 Å². The molecule has 0 amide bonds. The molecule has 2 rings (SSSR count). The molecular formula is C11H15N3O3S. The molecule has 1 fully saturated rings. The third-order valence-corrected chi connectivity index (χ3v) is 4.05. The van der Waals surface area contributed by atoms with E-state index in [1.807, 2.05) is 6.07 Å². The van der Waals surface area contributed by atoms with Gasteiger partial charge in [0, 0.05) is 35.5 Å². The second-order valence-corrected chi connectivity index (χ2v) is 5.42. The number of hydrogen-bond donors (Lipinski definition) is 2. The maximum absolute atomic E-state index is 10.8. The van der Waals surface area contributed by atoms with Crippen molar-refractivity contribution in [1.29, 1.82) is 0 Å². The summed E-state index contributed by atoms with van der Waals surface area (Å²) in [6.45, 7) is 1.52. The molecule has 0 bridgehead atoms. The largest absolute Gasteiger partial charge is 0.381 e. The lowest BCUT2D eigenvalue weighted by atomic mass is 10.2. The number of hydrazine groups is 1. The SMILES string of the molecule is NNc1cc(SC2CCOCC2)cc([N+](=O)[O-])c1. The molecule has 1 aromatic rings. The average molecular weight is 269 g/mol. The van der Waals surface area contributed by atoms with Crippen LogP contribution >= 0.6 is 11.8 Å². The van der Waals surface area contributed by atoms with Crippen molar-refractivity contribution in [1.82, 2.24) is 0 Å². The van der Waals surface area contributed by atoms with E-state index in [1.54, 1.807) is 17.8 Å². The highest BCUT2D eigenvalue weighted by Gasteiger charge is 2.17. The van der Waals surface area contributed by atoms with Crippen molar-refractivity contribution in [3.63, 3.8) is 0 Å². The summed E-state index contributed by atoms with van der Waals surface area (Å²) in [5.41, 5.74) is 3.07. The summed E-state index contributed by atoms with van der Waals surface area (Å²) in [6, 6.07) is 4.84. The summed E-state index contributed by atoms with van der Waals surface area (Å²) in [4.78, 5) is 11.3. The number of anilines is 1. The second-order valence-electron chi connectivity index (χ2n) is 4.05. The number of nitro benzene ring substituents is 1. The van der Waals surface area contributed by atoms with Crippen molar-refractivity contribution >= 4 is 23.1 Å². The van der Waals surface area contributed by atoms with Crippen LogP contribution in [0.25, 0.3) is 0 Å². The van der Waals surface area contributed by atoms with Crippen LogP contribution in [0.3, 0.4) is 0 Å². The standard InChI is InChI=1S/C11H15N3O3S/c12-13-8-5-9(14(15)16)7-11(6-8)18-10-1-3-17-4-2-10/h5-7,10,13H,1-4,12H2. The van der Waals surface area contributed by atoms with E-state index in [0.29, 0.717) is 10.9 Å². The van der Waals surface area contributed by atoms with Gasteiger partial charge in [-0.15, -0.1) is 11.8 Å². The fourth-order valence-electron chi connectivity index (χ4n) is 1.83. The first-order valence-electron chi connectivity index (χ1n) is 5.69. The van der Waals surface area contributed by atoms with E-state index in [4.69, 9.17) is 10.6 Å². The van der Waals surface area contributed by atoms with Crippen molar-refractivity contribution in [2.24, 2.45) is 5.84 Å². The van der Waals surface area contributed by atoms with Gasteiger partial charge in [0.1, 0.15) is 0 Å². The van der Waals surface area contributed by atoms with Gasteiger partial charge in [-0.2, -0.15) is 0 Å². The number of nitro groups is 1. The lowest BCUT2D eigenvalue weighted by Crippen LogP contribution is -2.17. The minimum Gasteiger partial charge on any atom is -0.381 e. The van der Waals surface area contributed by atoms with E-state index in [-0.39, 0.29) is 5.69 Å². The Labute approximate surface area is 109 Å². The number of non-ortho nitro benzene ring substituents is 1. The highest BCUT2D eigenvalue weighted by Crippen LogP contribution is 2.33. The first kappa shape index (κ1) is 13.1. The van der Waals surface area contributed by atoms with E-state index >= 15 is 0 Å². The van der Waals surface area contributed by atoms with Gasteiger partial charge in [-0.3, -0.25) is 16.0 Å². The van der Waals surface area contributed by atoms with E-state index in [9.17, 15) is 10.1 Å². The number of thioether (sulfide) groups is 1. The van der Waals surface area contributed by atoms with Crippen molar-refractivity contribution in [2.45, 2.75) is 23.0 Å². The minimum absolute atomic E-state index is 0.0556. The number of nitrogens with zero attached hydrogens (tertiary/aromatic N) is 1. The Hall–Kier alpha value is -1.31. The Bertz CT molecular complexity index is 436. The van der Waals surface area contributed by atoms with Gasteiger partial charge in [0.05, 0.1) is 10.6 Å². The van der Waals surface area contributed by atoms with Gasteiger partial charge in [0.25, 0.3) is 5.69 Å². The van der Waals surface area contributed by atoms with Gasteiger partial charge in [0.2, 0.25) is 0 Å². The zero-order chi connectivity index (χ0) is 13.0. The Morgan fingerprint density at radius 3 is 2.72 bits per heavy atom. The number of nitrogen functional groups attached to an aromatic ring is 1. The van der Waals surface area contributed by atoms with E-state index in [0.717, 1.165) is 31.0 Å². The number of benzene rings is 1. The highest BCUT2D eigenvalue weighted by molar-refractivity contribution is 8.00. The zero-order valence-electron chi connectivity index (χ0n) is 9.80. The molecule has 18 heavy (non-hydrogen) atoms. The number of ether oxygens (including phenoxy) is 1. The van der Waals surface area contributed by atoms with Crippen LogP contribution in [0.4, 0.5) is 11.4 Å². The molecule has 0 radical (unpaired) electrons. The third kappa shape index (κ3) is 3.34. The lowest BCUT2D eigenvalue weighted by molar-refractivity contribution is -0.385. The van der Waals surface area contributed by atoms with Crippen LogP contribution in [-0.2, 0) is 4.74 Å². The average Bonchev–Trinajstić information content (AvgIpc) is 2.39. The Morgan fingerprint density at radius 1 is 1.39 bits per heavy atom. The molecule has 0 saturated carbocycles. The predicted molar refractivity (Wildman–Crippen MR) is 70.6 cm³/mol. The molecule has 3 N–H and O–H groups in total. The van der Waals surface area contributed by atoms with Crippen LogP contribution in [-0.4, -0.2) is 23.4 Å². The first-order valence-corrected chi connectivity index (χ1v) is 6.57. The monoisotopic (exact) mass is 269 g/mol. The Kier molecular flexibility index (Phi) is 4.40. The maximum Gasteiger partial charge on any atom is 0.272 e. The molecule has 1 aliphatic rings. The van der Waals surface area contributed by atoms with Gasteiger partial charge in [-0.25, -0.2) is 0 Å². The van der Waals surface area contributed by atoms with Crippen molar-refractivity contribution in [2.75, 3.05) is 18.6 Å². The first-order chi connectivity index (χ1) is 8.69. The van der Waals surface area contributed by atoms with Crippen molar-refractivity contribution in [3.8, 4) is 0 Å². The smallest absolute Gasteiger partial charge is 0.272 e. The van der Waals surface area contributed by atoms with E-state index in [2.05, 4.69) is 5.43 Å². The van der Waals surface area contributed by atoms with Crippen LogP contribution < -0.4 is 11.3 Å². The molecule has 1 saturated heterocycles. The van der Waals surface area contributed by atoms with E-state index in [1.165, 1.54) is 6.07 Å². The zero-order valence-corrected chi connectivity index (χ0v) is 10.6.